The third kappa shape index (κ3) is 3.06. The number of H-pyrrole nitrogens is 1. The number of rotatable bonds is 4. The predicted molar refractivity (Wildman–Crippen MR) is 81.3 cm³/mol. The molecule has 0 unspecified atom stereocenters. The molecule has 118 valence electrons. The molecule has 1 aliphatic rings. The minimum atomic E-state index is -3.05. The van der Waals surface area contributed by atoms with Crippen molar-refractivity contribution in [1.82, 2.24) is 15.3 Å². The molecule has 0 bridgehead atoms. The minimum absolute atomic E-state index is 0.0594. The Labute approximate surface area is 128 Å². The van der Waals surface area contributed by atoms with E-state index in [0.29, 0.717) is 12.2 Å². The highest BCUT2D eigenvalue weighted by Crippen LogP contribution is 2.20. The third-order valence-corrected chi connectivity index (χ3v) is 5.54. The van der Waals surface area contributed by atoms with Crippen LogP contribution in [0.2, 0.25) is 0 Å². The van der Waals surface area contributed by atoms with Crippen LogP contribution in [0.15, 0.2) is 18.2 Å². The Morgan fingerprint density at radius 1 is 1.50 bits per heavy atom. The number of methoxy groups -OCH3 is 1. The van der Waals surface area contributed by atoms with Crippen LogP contribution in [-0.4, -0.2) is 42.9 Å². The van der Waals surface area contributed by atoms with Crippen molar-refractivity contribution in [2.45, 2.75) is 13.0 Å². The molecule has 0 spiro atoms. The van der Waals surface area contributed by atoms with Crippen LogP contribution in [0.5, 0.6) is 5.75 Å². The second-order valence-electron chi connectivity index (χ2n) is 5.38. The molecular weight excluding hydrogens is 306 g/mol. The van der Waals surface area contributed by atoms with Gasteiger partial charge in [-0.25, -0.2) is 13.4 Å². The topological polar surface area (TPSA) is 101 Å². The van der Waals surface area contributed by atoms with Gasteiger partial charge in [-0.15, -0.1) is 0 Å². The molecule has 2 N–H and O–H groups in total. The molecule has 1 aromatic carbocycles. The number of aromatic amines is 1. The number of ether oxygens (including phenoxy) is 1. The van der Waals surface area contributed by atoms with E-state index in [4.69, 9.17) is 4.74 Å². The molecule has 1 fully saturated rings. The Kier molecular flexibility index (Phi) is 3.78. The number of hydrogen-bond acceptors (Lipinski definition) is 5. The highest BCUT2D eigenvalue weighted by atomic mass is 32.2. The fourth-order valence-electron chi connectivity index (χ4n) is 2.57. The molecule has 1 atom stereocenters. The van der Waals surface area contributed by atoms with Crippen LogP contribution >= 0.6 is 0 Å². The summed E-state index contributed by atoms with van der Waals surface area (Å²) in [6.45, 7) is 0.242. The number of carbonyl (C=O) groups excluding carboxylic acids is 1. The summed E-state index contributed by atoms with van der Waals surface area (Å²) in [6, 6.07) is 5.48. The predicted octanol–water partition coefficient (Wildman–Crippen LogP) is 0.622. The zero-order valence-electron chi connectivity index (χ0n) is 12.1. The van der Waals surface area contributed by atoms with E-state index < -0.39 is 15.8 Å². The van der Waals surface area contributed by atoms with Crippen molar-refractivity contribution in [1.29, 1.82) is 0 Å². The van der Waals surface area contributed by atoms with E-state index in [1.54, 1.807) is 7.11 Å². The van der Waals surface area contributed by atoms with Gasteiger partial charge in [0.2, 0.25) is 5.91 Å². The van der Waals surface area contributed by atoms with Crippen LogP contribution in [0.3, 0.4) is 0 Å². The first-order valence-corrected chi connectivity index (χ1v) is 8.80. The molecule has 1 aliphatic heterocycles. The summed E-state index contributed by atoms with van der Waals surface area (Å²) in [7, 11) is -1.46. The maximum absolute atomic E-state index is 12.0. The SMILES string of the molecule is COc1ccc2nc(CNC(=O)[C@H]3CCS(=O)(=O)C3)[nH]c2c1. The van der Waals surface area contributed by atoms with Gasteiger partial charge in [0, 0.05) is 6.07 Å². The number of sulfone groups is 1. The van der Waals surface area contributed by atoms with Gasteiger partial charge < -0.3 is 15.0 Å². The van der Waals surface area contributed by atoms with Gasteiger partial charge in [0.25, 0.3) is 0 Å². The number of nitrogens with one attached hydrogen (secondary N) is 2. The number of imidazole rings is 1. The molecular formula is C14H17N3O4S. The second-order valence-corrected chi connectivity index (χ2v) is 7.61. The molecule has 2 aromatic rings. The lowest BCUT2D eigenvalue weighted by Gasteiger charge is -2.07. The number of hydrogen-bond donors (Lipinski definition) is 2. The van der Waals surface area contributed by atoms with Crippen molar-refractivity contribution >= 4 is 26.8 Å². The van der Waals surface area contributed by atoms with Gasteiger partial charge in [-0.3, -0.25) is 4.79 Å². The quantitative estimate of drug-likeness (QED) is 0.859. The van der Waals surface area contributed by atoms with Crippen molar-refractivity contribution in [2.75, 3.05) is 18.6 Å². The van der Waals surface area contributed by atoms with Gasteiger partial charge in [-0.05, 0) is 18.6 Å². The number of carbonyl (C=O) groups is 1. The fraction of sp³-hybridized carbons (Fsp3) is 0.429. The maximum atomic E-state index is 12.0. The van der Waals surface area contributed by atoms with Gasteiger partial charge in [0.15, 0.2) is 9.84 Å². The van der Waals surface area contributed by atoms with Crippen LogP contribution in [0, 0.1) is 5.92 Å². The van der Waals surface area contributed by atoms with Gasteiger partial charge in [0.05, 0.1) is 42.1 Å². The standard InChI is InChI=1S/C14H17N3O4S/c1-21-10-2-3-11-12(6-10)17-13(16-11)7-15-14(18)9-4-5-22(19,20)8-9/h2-3,6,9H,4-5,7-8H2,1H3,(H,15,18)(H,16,17)/t9-/m0/s1. The van der Waals surface area contributed by atoms with Gasteiger partial charge in [-0.1, -0.05) is 0 Å². The van der Waals surface area contributed by atoms with E-state index in [1.807, 2.05) is 18.2 Å². The van der Waals surface area contributed by atoms with Crippen molar-refractivity contribution < 1.29 is 17.9 Å². The summed E-state index contributed by atoms with van der Waals surface area (Å²) in [4.78, 5) is 19.5. The molecule has 22 heavy (non-hydrogen) atoms. The monoisotopic (exact) mass is 323 g/mol. The van der Waals surface area contributed by atoms with Crippen molar-refractivity contribution in [2.24, 2.45) is 5.92 Å². The molecule has 2 heterocycles. The smallest absolute Gasteiger partial charge is 0.224 e. The first kappa shape index (κ1) is 14.8. The summed E-state index contributed by atoms with van der Waals surface area (Å²) in [6.07, 6.45) is 0.394. The molecule has 0 radical (unpaired) electrons. The van der Waals surface area contributed by atoms with E-state index in [9.17, 15) is 13.2 Å². The van der Waals surface area contributed by atoms with Crippen LogP contribution in [0.25, 0.3) is 11.0 Å². The number of aromatic nitrogens is 2. The number of benzene rings is 1. The van der Waals surface area contributed by atoms with Crippen molar-refractivity contribution in [3.05, 3.63) is 24.0 Å². The lowest BCUT2D eigenvalue weighted by Crippen LogP contribution is -2.31. The van der Waals surface area contributed by atoms with Crippen LogP contribution < -0.4 is 10.1 Å². The number of amides is 1. The zero-order chi connectivity index (χ0) is 15.7. The fourth-order valence-corrected chi connectivity index (χ4v) is 4.31. The normalized spacial score (nSPS) is 20.1. The molecule has 1 amide bonds. The molecule has 7 nitrogen and oxygen atoms in total. The Hall–Kier alpha value is -2.09. The molecule has 1 aromatic heterocycles. The first-order chi connectivity index (χ1) is 10.5. The second kappa shape index (κ2) is 5.60. The van der Waals surface area contributed by atoms with Gasteiger partial charge >= 0.3 is 0 Å². The lowest BCUT2D eigenvalue weighted by atomic mass is 10.1. The first-order valence-electron chi connectivity index (χ1n) is 6.97. The van der Waals surface area contributed by atoms with Gasteiger partial charge in [0.1, 0.15) is 11.6 Å². The van der Waals surface area contributed by atoms with Gasteiger partial charge in [-0.2, -0.15) is 0 Å². The highest BCUT2D eigenvalue weighted by Gasteiger charge is 2.32. The Balaban J connectivity index is 1.65. The molecule has 0 aliphatic carbocycles. The van der Waals surface area contributed by atoms with E-state index >= 15 is 0 Å². The van der Waals surface area contributed by atoms with Crippen molar-refractivity contribution in [3.8, 4) is 5.75 Å². The lowest BCUT2D eigenvalue weighted by molar-refractivity contribution is -0.124. The summed E-state index contributed by atoms with van der Waals surface area (Å²) < 4.78 is 27.9. The number of fused-ring (bicyclic) bond motifs is 1. The van der Waals surface area contributed by atoms with E-state index in [-0.39, 0.29) is 24.0 Å². The highest BCUT2D eigenvalue weighted by molar-refractivity contribution is 7.91. The van der Waals surface area contributed by atoms with E-state index in [1.165, 1.54) is 0 Å². The molecule has 0 saturated carbocycles. The average Bonchev–Trinajstić information content (AvgIpc) is 3.06. The average molecular weight is 323 g/mol. The largest absolute Gasteiger partial charge is 0.497 e. The van der Waals surface area contributed by atoms with Crippen LogP contribution in [0.4, 0.5) is 0 Å². The Morgan fingerprint density at radius 2 is 2.32 bits per heavy atom. The van der Waals surface area contributed by atoms with Crippen LogP contribution in [-0.2, 0) is 21.2 Å². The Bertz CT molecular complexity index is 813. The van der Waals surface area contributed by atoms with E-state index in [0.717, 1.165) is 16.8 Å². The molecule has 8 heteroatoms. The third-order valence-electron chi connectivity index (χ3n) is 3.77. The summed E-state index contributed by atoms with van der Waals surface area (Å²) >= 11 is 0. The maximum Gasteiger partial charge on any atom is 0.224 e. The Morgan fingerprint density at radius 3 is 3.00 bits per heavy atom. The summed E-state index contributed by atoms with van der Waals surface area (Å²) in [5.74, 6) is 0.694. The molecule has 3 rings (SSSR count). The summed E-state index contributed by atoms with van der Waals surface area (Å²) in [5.41, 5.74) is 1.61. The molecule has 1 saturated heterocycles. The minimum Gasteiger partial charge on any atom is -0.497 e. The zero-order valence-corrected chi connectivity index (χ0v) is 12.9. The van der Waals surface area contributed by atoms with Crippen LogP contribution in [0.1, 0.15) is 12.2 Å². The number of nitrogens with zero attached hydrogens (tertiary/aromatic N) is 1. The van der Waals surface area contributed by atoms with Crippen molar-refractivity contribution in [3.63, 3.8) is 0 Å². The summed E-state index contributed by atoms with van der Waals surface area (Å²) in [5, 5.41) is 2.74. The van der Waals surface area contributed by atoms with E-state index in [2.05, 4.69) is 15.3 Å².